The van der Waals surface area contributed by atoms with E-state index < -0.39 is 0 Å². The zero-order chi connectivity index (χ0) is 21.8. The number of benzene rings is 1. The molecule has 2 saturated heterocycles. The molecule has 2 aliphatic rings. The molecule has 5 rings (SSSR count). The lowest BCUT2D eigenvalue weighted by molar-refractivity contribution is 0.283. The monoisotopic (exact) mass is 435 g/mol. The number of rotatable bonds is 8. The van der Waals surface area contributed by atoms with Crippen molar-refractivity contribution in [1.29, 1.82) is 0 Å². The van der Waals surface area contributed by atoms with Crippen LogP contribution in [0.2, 0.25) is 0 Å². The van der Waals surface area contributed by atoms with Crippen LogP contribution in [-0.2, 0) is 6.54 Å². The summed E-state index contributed by atoms with van der Waals surface area (Å²) in [7, 11) is 1.70. The molecule has 0 atom stereocenters. The number of piperidine rings is 1. The van der Waals surface area contributed by atoms with Crippen molar-refractivity contribution in [1.82, 2.24) is 14.5 Å². The van der Waals surface area contributed by atoms with Crippen LogP contribution >= 0.6 is 0 Å². The van der Waals surface area contributed by atoms with E-state index in [4.69, 9.17) is 19.4 Å². The van der Waals surface area contributed by atoms with Crippen molar-refractivity contribution in [2.24, 2.45) is 0 Å². The van der Waals surface area contributed by atoms with Crippen molar-refractivity contribution in [2.45, 2.75) is 45.1 Å². The van der Waals surface area contributed by atoms with Gasteiger partial charge in [0.15, 0.2) is 11.5 Å². The first kappa shape index (κ1) is 20.9. The third-order valence-corrected chi connectivity index (χ3v) is 6.48. The van der Waals surface area contributed by atoms with Crippen LogP contribution in [0.25, 0.3) is 10.9 Å². The molecule has 0 aliphatic carbocycles. The van der Waals surface area contributed by atoms with Crippen LogP contribution in [0.3, 0.4) is 0 Å². The van der Waals surface area contributed by atoms with Crippen molar-refractivity contribution >= 4 is 22.7 Å². The molecule has 170 valence electrons. The maximum Gasteiger partial charge on any atom is 0.227 e. The van der Waals surface area contributed by atoms with Gasteiger partial charge in [-0.1, -0.05) is 0 Å². The fourth-order valence-corrected chi connectivity index (χ4v) is 4.73. The standard InChI is InChI=1S/C25H33N5O2/c1-31-22-18-20-21(19-23(22)32-17-9-12-28-10-5-6-11-28)26-25(30-15-7-8-16-30)27-24(20)29-13-3-2-4-14-29/h5-6,10-11,18-19H,2-4,7-9,12-17H2,1H3. The highest BCUT2D eigenvalue weighted by molar-refractivity contribution is 5.93. The highest BCUT2D eigenvalue weighted by Gasteiger charge is 2.22. The van der Waals surface area contributed by atoms with E-state index in [-0.39, 0.29) is 0 Å². The van der Waals surface area contributed by atoms with Crippen molar-refractivity contribution in [3.05, 3.63) is 36.7 Å². The maximum absolute atomic E-state index is 6.16. The lowest BCUT2D eigenvalue weighted by atomic mass is 10.1. The zero-order valence-corrected chi connectivity index (χ0v) is 19.0. The number of anilines is 2. The first-order valence-corrected chi connectivity index (χ1v) is 11.9. The summed E-state index contributed by atoms with van der Waals surface area (Å²) in [6.07, 6.45) is 11.2. The minimum Gasteiger partial charge on any atom is -0.493 e. The van der Waals surface area contributed by atoms with Crippen molar-refractivity contribution in [2.75, 3.05) is 49.7 Å². The fourth-order valence-electron chi connectivity index (χ4n) is 4.73. The molecule has 2 fully saturated rings. The number of nitrogens with zero attached hydrogens (tertiary/aromatic N) is 5. The van der Waals surface area contributed by atoms with Gasteiger partial charge in [-0.15, -0.1) is 0 Å². The predicted molar refractivity (Wildman–Crippen MR) is 128 cm³/mol. The molecule has 2 aromatic heterocycles. The molecule has 7 nitrogen and oxygen atoms in total. The van der Waals surface area contributed by atoms with Gasteiger partial charge in [0.1, 0.15) is 5.82 Å². The topological polar surface area (TPSA) is 55.6 Å². The Balaban J connectivity index is 1.45. The quantitative estimate of drug-likeness (QED) is 0.486. The van der Waals surface area contributed by atoms with Gasteiger partial charge in [-0.05, 0) is 56.7 Å². The number of aromatic nitrogens is 3. The Bertz CT molecular complexity index is 1020. The largest absolute Gasteiger partial charge is 0.493 e. The first-order chi connectivity index (χ1) is 15.8. The number of hydrogen-bond donors (Lipinski definition) is 0. The number of methoxy groups -OCH3 is 1. The Labute approximate surface area is 190 Å². The fraction of sp³-hybridized carbons (Fsp3) is 0.520. The molecular weight excluding hydrogens is 402 g/mol. The van der Waals surface area contributed by atoms with Gasteiger partial charge < -0.3 is 23.8 Å². The molecule has 3 aromatic rings. The Morgan fingerprint density at radius 1 is 0.844 bits per heavy atom. The SMILES string of the molecule is COc1cc2c(N3CCCCC3)nc(N3CCCC3)nc2cc1OCCCn1cccc1. The summed E-state index contributed by atoms with van der Waals surface area (Å²) in [5.41, 5.74) is 0.934. The minimum atomic E-state index is 0.628. The molecular formula is C25H33N5O2. The van der Waals surface area contributed by atoms with Gasteiger partial charge in [-0.3, -0.25) is 0 Å². The lowest BCUT2D eigenvalue weighted by Crippen LogP contribution is -2.31. The van der Waals surface area contributed by atoms with Crippen LogP contribution in [-0.4, -0.2) is 54.4 Å². The molecule has 7 heteroatoms. The molecule has 1 aromatic carbocycles. The third-order valence-electron chi connectivity index (χ3n) is 6.48. The van der Waals surface area contributed by atoms with E-state index >= 15 is 0 Å². The number of aryl methyl sites for hydroxylation is 1. The Morgan fingerprint density at radius 2 is 1.56 bits per heavy atom. The summed E-state index contributed by atoms with van der Waals surface area (Å²) >= 11 is 0. The van der Waals surface area contributed by atoms with Crippen LogP contribution in [0.5, 0.6) is 11.5 Å². The van der Waals surface area contributed by atoms with Crippen LogP contribution < -0.4 is 19.3 Å². The summed E-state index contributed by atoms with van der Waals surface area (Å²) in [6.45, 7) is 5.72. The second kappa shape index (κ2) is 9.67. The number of hydrogen-bond acceptors (Lipinski definition) is 6. The van der Waals surface area contributed by atoms with Gasteiger partial charge in [0, 0.05) is 56.6 Å². The highest BCUT2D eigenvalue weighted by Crippen LogP contribution is 2.37. The molecule has 32 heavy (non-hydrogen) atoms. The summed E-state index contributed by atoms with van der Waals surface area (Å²) in [4.78, 5) is 14.8. The second-order valence-corrected chi connectivity index (χ2v) is 8.73. The minimum absolute atomic E-state index is 0.628. The van der Waals surface area contributed by atoms with E-state index in [0.717, 1.165) is 73.3 Å². The van der Waals surface area contributed by atoms with Crippen molar-refractivity contribution < 1.29 is 9.47 Å². The molecule has 0 unspecified atom stereocenters. The highest BCUT2D eigenvalue weighted by atomic mass is 16.5. The molecule has 0 saturated carbocycles. The molecule has 0 bridgehead atoms. The van der Waals surface area contributed by atoms with Gasteiger partial charge in [0.05, 0.1) is 19.2 Å². The van der Waals surface area contributed by atoms with Gasteiger partial charge >= 0.3 is 0 Å². The van der Waals surface area contributed by atoms with Crippen LogP contribution in [0.15, 0.2) is 36.7 Å². The summed E-state index contributed by atoms with van der Waals surface area (Å²) in [6, 6.07) is 8.20. The van der Waals surface area contributed by atoms with Gasteiger partial charge in [0.25, 0.3) is 0 Å². The smallest absolute Gasteiger partial charge is 0.227 e. The maximum atomic E-state index is 6.16. The Morgan fingerprint density at radius 3 is 2.31 bits per heavy atom. The van der Waals surface area contributed by atoms with E-state index in [1.165, 1.54) is 32.1 Å². The van der Waals surface area contributed by atoms with Gasteiger partial charge in [-0.25, -0.2) is 4.98 Å². The third kappa shape index (κ3) is 4.47. The van der Waals surface area contributed by atoms with Gasteiger partial charge in [0.2, 0.25) is 5.95 Å². The number of ether oxygens (including phenoxy) is 2. The molecule has 0 radical (unpaired) electrons. The molecule has 0 spiro atoms. The van der Waals surface area contributed by atoms with Crippen molar-refractivity contribution in [3.8, 4) is 11.5 Å². The van der Waals surface area contributed by atoms with Crippen LogP contribution in [0, 0.1) is 0 Å². The van der Waals surface area contributed by atoms with Crippen LogP contribution in [0.4, 0.5) is 11.8 Å². The summed E-state index contributed by atoms with van der Waals surface area (Å²) in [5, 5.41) is 1.05. The average Bonchev–Trinajstić information content (AvgIpc) is 3.56. The molecule has 2 aliphatic heterocycles. The van der Waals surface area contributed by atoms with E-state index in [1.54, 1.807) is 7.11 Å². The molecule has 0 amide bonds. The van der Waals surface area contributed by atoms with Crippen molar-refractivity contribution in [3.63, 3.8) is 0 Å². The summed E-state index contributed by atoms with van der Waals surface area (Å²) in [5.74, 6) is 3.38. The number of fused-ring (bicyclic) bond motifs is 1. The Kier molecular flexibility index (Phi) is 6.32. The molecule has 0 N–H and O–H groups in total. The summed E-state index contributed by atoms with van der Waals surface area (Å²) < 4.78 is 14.0. The van der Waals surface area contributed by atoms with Gasteiger partial charge in [-0.2, -0.15) is 4.98 Å². The van der Waals surface area contributed by atoms with Crippen LogP contribution in [0.1, 0.15) is 38.5 Å². The lowest BCUT2D eigenvalue weighted by Gasteiger charge is -2.30. The predicted octanol–water partition coefficient (Wildman–Crippen LogP) is 4.50. The van der Waals surface area contributed by atoms with E-state index in [1.807, 2.05) is 18.2 Å². The van der Waals surface area contributed by atoms with E-state index in [0.29, 0.717) is 6.61 Å². The van der Waals surface area contributed by atoms with E-state index in [9.17, 15) is 0 Å². The van der Waals surface area contributed by atoms with E-state index in [2.05, 4.69) is 32.8 Å². The second-order valence-electron chi connectivity index (χ2n) is 8.73. The Hall–Kier alpha value is -2.96. The zero-order valence-electron chi connectivity index (χ0n) is 19.0. The molecule has 4 heterocycles. The average molecular weight is 436 g/mol. The normalized spacial score (nSPS) is 16.7. The first-order valence-electron chi connectivity index (χ1n) is 11.9.